The topological polar surface area (TPSA) is 74.3 Å². The number of hydrogen-bond donors (Lipinski definition) is 2. The molecule has 1 saturated heterocycles. The summed E-state index contributed by atoms with van der Waals surface area (Å²) in [5.41, 5.74) is 2.37. The maximum Gasteiger partial charge on any atom is 0.253 e. The Morgan fingerprint density at radius 3 is 2.73 bits per heavy atom. The average Bonchev–Trinajstić information content (AvgIpc) is 2.98. The number of amides is 2. The molecule has 2 amide bonds. The van der Waals surface area contributed by atoms with Crippen LogP contribution in [0.25, 0.3) is 0 Å². The van der Waals surface area contributed by atoms with Crippen molar-refractivity contribution in [3.05, 3.63) is 29.1 Å². The zero-order valence-electron chi connectivity index (χ0n) is 16.1. The molecule has 2 atom stereocenters. The van der Waals surface area contributed by atoms with E-state index in [1.165, 1.54) is 0 Å². The quantitative estimate of drug-likeness (QED) is 0.783. The van der Waals surface area contributed by atoms with Crippen LogP contribution in [-0.4, -0.2) is 53.4 Å². The van der Waals surface area contributed by atoms with Crippen molar-refractivity contribution in [2.45, 2.75) is 52.6 Å². The lowest BCUT2D eigenvalue weighted by Crippen LogP contribution is -2.43. The molecule has 6 heteroatoms. The zero-order chi connectivity index (χ0) is 19.1. The van der Waals surface area contributed by atoms with E-state index < -0.39 is 0 Å². The molecule has 140 valence electrons. The molecule has 0 bridgehead atoms. The van der Waals surface area contributed by atoms with Crippen LogP contribution in [0, 0.1) is 25.7 Å². The van der Waals surface area contributed by atoms with Crippen LogP contribution in [0.2, 0.25) is 0 Å². The number of aryl methyl sites for hydroxylation is 2. The van der Waals surface area contributed by atoms with Crippen molar-refractivity contribution in [2.75, 3.05) is 19.6 Å². The van der Waals surface area contributed by atoms with Crippen molar-refractivity contribution in [3.8, 4) is 11.8 Å². The van der Waals surface area contributed by atoms with Crippen LogP contribution in [-0.2, 0) is 4.79 Å². The Morgan fingerprint density at radius 1 is 1.31 bits per heavy atom. The normalized spacial score (nSPS) is 19.5. The zero-order valence-corrected chi connectivity index (χ0v) is 16.1. The monoisotopic (exact) mass is 356 g/mol. The van der Waals surface area contributed by atoms with Gasteiger partial charge in [-0.25, -0.2) is 0 Å². The van der Waals surface area contributed by atoms with Crippen molar-refractivity contribution in [1.29, 1.82) is 0 Å². The van der Waals surface area contributed by atoms with Gasteiger partial charge in [0.1, 0.15) is 0 Å². The van der Waals surface area contributed by atoms with Gasteiger partial charge in [-0.15, -0.1) is 5.92 Å². The highest BCUT2D eigenvalue weighted by Gasteiger charge is 2.37. The fraction of sp³-hybridized carbons (Fsp3) is 0.550. The molecule has 26 heavy (non-hydrogen) atoms. The predicted octanol–water partition coefficient (Wildman–Crippen LogP) is 1.42. The Hall–Kier alpha value is -2.39. The van der Waals surface area contributed by atoms with Crippen LogP contribution in [0.15, 0.2) is 12.3 Å². The number of carbonyl (C=O) groups is 2. The minimum atomic E-state index is -0.261. The summed E-state index contributed by atoms with van der Waals surface area (Å²) < 4.78 is 0. The van der Waals surface area contributed by atoms with Crippen LogP contribution in [0.4, 0.5) is 0 Å². The Bertz CT molecular complexity index is 720. The lowest BCUT2D eigenvalue weighted by atomic mass is 10.1. The van der Waals surface area contributed by atoms with E-state index in [-0.39, 0.29) is 23.9 Å². The number of hydrogen-bond acceptors (Lipinski definition) is 4. The number of rotatable bonds is 5. The predicted molar refractivity (Wildman–Crippen MR) is 102 cm³/mol. The Kier molecular flexibility index (Phi) is 7.16. The van der Waals surface area contributed by atoms with Gasteiger partial charge in [0, 0.05) is 37.4 Å². The van der Waals surface area contributed by atoms with E-state index in [9.17, 15) is 9.59 Å². The second kappa shape index (κ2) is 9.35. The van der Waals surface area contributed by atoms with E-state index in [1.807, 2.05) is 38.7 Å². The largest absolute Gasteiger partial charge is 0.355 e. The van der Waals surface area contributed by atoms with Crippen molar-refractivity contribution < 1.29 is 9.59 Å². The Morgan fingerprint density at radius 2 is 2.08 bits per heavy atom. The minimum absolute atomic E-state index is 0.00395. The lowest BCUT2D eigenvalue weighted by molar-refractivity contribution is -0.125. The smallest absolute Gasteiger partial charge is 0.253 e. The van der Waals surface area contributed by atoms with Gasteiger partial charge in [0.2, 0.25) is 5.91 Å². The van der Waals surface area contributed by atoms with Gasteiger partial charge >= 0.3 is 0 Å². The van der Waals surface area contributed by atoms with Crippen LogP contribution < -0.4 is 10.6 Å². The first-order valence-corrected chi connectivity index (χ1v) is 9.17. The number of aromatic nitrogens is 1. The summed E-state index contributed by atoms with van der Waals surface area (Å²) in [6.07, 6.45) is 2.99. The molecule has 1 aliphatic rings. The van der Waals surface area contributed by atoms with Gasteiger partial charge in [-0.3, -0.25) is 19.5 Å². The number of nitrogens with zero attached hydrogens (tertiary/aromatic N) is 2. The second-order valence-electron chi connectivity index (χ2n) is 6.59. The van der Waals surface area contributed by atoms with E-state index in [2.05, 4.69) is 27.5 Å². The molecule has 6 nitrogen and oxygen atoms in total. The van der Waals surface area contributed by atoms with Crippen molar-refractivity contribution in [3.63, 3.8) is 0 Å². The highest BCUT2D eigenvalue weighted by atomic mass is 16.2. The number of pyridine rings is 1. The summed E-state index contributed by atoms with van der Waals surface area (Å²) in [5.74, 6) is 5.99. The summed E-state index contributed by atoms with van der Waals surface area (Å²) >= 11 is 0. The van der Waals surface area contributed by atoms with Crippen LogP contribution in [0.1, 0.15) is 48.3 Å². The first-order valence-electron chi connectivity index (χ1n) is 9.17. The highest BCUT2D eigenvalue weighted by Crippen LogP contribution is 2.19. The van der Waals surface area contributed by atoms with Gasteiger partial charge in [0.05, 0.1) is 18.2 Å². The molecule has 0 aromatic carbocycles. The third-order valence-corrected chi connectivity index (χ3v) is 4.47. The first kappa shape index (κ1) is 19.9. The fourth-order valence-electron chi connectivity index (χ4n) is 3.23. The summed E-state index contributed by atoms with van der Waals surface area (Å²) in [7, 11) is 0. The molecule has 0 spiro atoms. The lowest BCUT2D eigenvalue weighted by Gasteiger charge is -2.20. The number of likely N-dealkylation sites (tertiary alicyclic amines) is 1. The molecule has 0 saturated carbocycles. The Labute approximate surface area is 155 Å². The summed E-state index contributed by atoms with van der Waals surface area (Å²) in [5, 5.41) is 5.93. The minimum Gasteiger partial charge on any atom is -0.355 e. The van der Waals surface area contributed by atoms with Crippen molar-refractivity contribution >= 4 is 11.8 Å². The Balaban J connectivity index is 2.07. The van der Waals surface area contributed by atoms with E-state index in [4.69, 9.17) is 0 Å². The first-order chi connectivity index (χ1) is 12.5. The van der Waals surface area contributed by atoms with E-state index in [0.29, 0.717) is 31.6 Å². The van der Waals surface area contributed by atoms with Crippen molar-refractivity contribution in [1.82, 2.24) is 20.5 Å². The highest BCUT2D eigenvalue weighted by molar-refractivity contribution is 5.95. The van der Waals surface area contributed by atoms with Crippen LogP contribution in [0.3, 0.4) is 0 Å². The third kappa shape index (κ3) is 5.06. The summed E-state index contributed by atoms with van der Waals surface area (Å²) in [6, 6.07) is 1.55. The number of likely N-dealkylation sites (N-methyl/N-ethyl adjacent to an activating group) is 1. The van der Waals surface area contributed by atoms with Gasteiger partial charge in [-0.1, -0.05) is 12.8 Å². The SMILES string of the molecule is CCC#CCN1C[C@@H](NC(=O)c2cnc(C)cc2C)C[C@H]1C(=O)NCC. The van der Waals surface area contributed by atoms with Gasteiger partial charge in [-0.05, 0) is 38.8 Å². The average molecular weight is 356 g/mol. The van der Waals surface area contributed by atoms with E-state index in [1.54, 1.807) is 6.20 Å². The third-order valence-electron chi connectivity index (χ3n) is 4.47. The standard InChI is InChI=1S/C20H28N4O2/c1-5-7-8-9-24-13-16(11-18(24)20(26)21-6-2)23-19(25)17-12-22-15(4)10-14(17)3/h10,12,16,18H,5-6,9,11,13H2,1-4H3,(H,21,26)(H,23,25)/t16-,18-/m0/s1. The molecule has 0 aliphatic carbocycles. The van der Waals surface area contributed by atoms with Gasteiger partial charge in [0.25, 0.3) is 5.91 Å². The fourth-order valence-corrected chi connectivity index (χ4v) is 3.23. The van der Waals surface area contributed by atoms with Crippen LogP contribution >= 0.6 is 0 Å². The summed E-state index contributed by atoms with van der Waals surface area (Å²) in [4.78, 5) is 31.2. The molecule has 1 fully saturated rings. The number of nitrogens with one attached hydrogen (secondary N) is 2. The summed E-state index contributed by atoms with van der Waals surface area (Å²) in [6.45, 7) is 9.45. The van der Waals surface area contributed by atoms with Crippen LogP contribution in [0.5, 0.6) is 0 Å². The maximum absolute atomic E-state index is 12.6. The molecular weight excluding hydrogens is 328 g/mol. The van der Waals surface area contributed by atoms with Gasteiger partial charge < -0.3 is 10.6 Å². The number of carbonyl (C=O) groups excluding carboxylic acids is 2. The molecule has 2 heterocycles. The molecule has 0 radical (unpaired) electrons. The second-order valence-corrected chi connectivity index (χ2v) is 6.59. The van der Waals surface area contributed by atoms with Gasteiger partial charge in [-0.2, -0.15) is 0 Å². The molecule has 1 aromatic rings. The van der Waals surface area contributed by atoms with E-state index in [0.717, 1.165) is 17.7 Å². The molecule has 0 unspecified atom stereocenters. The molecule has 1 aromatic heterocycles. The molecule has 1 aliphatic heterocycles. The van der Waals surface area contributed by atoms with Gasteiger partial charge in [0.15, 0.2) is 0 Å². The van der Waals surface area contributed by atoms with E-state index >= 15 is 0 Å². The molecular formula is C20H28N4O2. The maximum atomic E-state index is 12.6. The molecule has 2 N–H and O–H groups in total. The molecule has 2 rings (SSSR count). The van der Waals surface area contributed by atoms with Crippen molar-refractivity contribution in [2.24, 2.45) is 0 Å².